The Morgan fingerprint density at radius 1 is 1.24 bits per heavy atom. The van der Waals surface area contributed by atoms with Crippen LogP contribution in [0.4, 0.5) is 0 Å². The first-order valence-corrected chi connectivity index (χ1v) is 8.28. The van der Waals surface area contributed by atoms with Gasteiger partial charge in [-0.05, 0) is 17.0 Å². The molecule has 130 valence electrons. The van der Waals surface area contributed by atoms with Crippen LogP contribution in [-0.2, 0) is 16.2 Å². The van der Waals surface area contributed by atoms with E-state index < -0.39 is 17.6 Å². The number of carbonyl (C=O) groups is 2. The van der Waals surface area contributed by atoms with Crippen LogP contribution in [-0.4, -0.2) is 40.2 Å². The number of hydrogen-bond acceptors (Lipinski definition) is 5. The van der Waals surface area contributed by atoms with Crippen molar-refractivity contribution in [1.29, 1.82) is 0 Å². The SMILES string of the molecule is CC(C)c1cccc(COc2cc(C3CN(C)C(=O)C3=O)ncn2)c1. The fourth-order valence-corrected chi connectivity index (χ4v) is 2.83. The Bertz CT molecular complexity index is 804. The number of nitrogens with zero attached hydrogens (tertiary/aromatic N) is 3. The number of Topliss-reactive ketones (excluding diaryl/α,β-unsaturated/α-hetero) is 1. The Hall–Kier alpha value is -2.76. The summed E-state index contributed by atoms with van der Waals surface area (Å²) in [6.45, 7) is 5.01. The quantitative estimate of drug-likeness (QED) is 0.782. The lowest BCUT2D eigenvalue weighted by Crippen LogP contribution is -2.22. The van der Waals surface area contributed by atoms with Gasteiger partial charge in [0.1, 0.15) is 12.9 Å². The molecule has 1 aromatic carbocycles. The van der Waals surface area contributed by atoms with E-state index in [2.05, 4.69) is 35.9 Å². The lowest BCUT2D eigenvalue weighted by molar-refractivity contribution is -0.139. The average Bonchev–Trinajstić information content (AvgIpc) is 2.88. The summed E-state index contributed by atoms with van der Waals surface area (Å²) in [4.78, 5) is 33.3. The van der Waals surface area contributed by atoms with E-state index >= 15 is 0 Å². The molecule has 0 bridgehead atoms. The van der Waals surface area contributed by atoms with Crippen molar-refractivity contribution >= 4 is 11.7 Å². The normalized spacial score (nSPS) is 17.4. The second kappa shape index (κ2) is 7.01. The molecule has 0 radical (unpaired) electrons. The average molecular weight is 339 g/mol. The van der Waals surface area contributed by atoms with E-state index in [1.807, 2.05) is 12.1 Å². The molecule has 0 spiro atoms. The standard InChI is InChI=1S/C19H21N3O3/c1-12(2)14-6-4-5-13(7-14)10-25-17-8-16(20-11-21-17)15-9-22(3)19(24)18(15)23/h4-8,11-12,15H,9-10H2,1-3H3. The van der Waals surface area contributed by atoms with Gasteiger partial charge in [-0.15, -0.1) is 0 Å². The molecule has 6 heteroatoms. The van der Waals surface area contributed by atoms with Gasteiger partial charge in [0.15, 0.2) is 0 Å². The van der Waals surface area contributed by atoms with Crippen LogP contribution in [0.3, 0.4) is 0 Å². The van der Waals surface area contributed by atoms with E-state index in [1.165, 1.54) is 16.8 Å². The van der Waals surface area contributed by atoms with Crippen molar-refractivity contribution in [3.05, 3.63) is 53.5 Å². The lowest BCUT2D eigenvalue weighted by atomic mass is 10.0. The largest absolute Gasteiger partial charge is 0.473 e. The molecule has 2 aromatic rings. The number of amides is 1. The first kappa shape index (κ1) is 17.1. The third-order valence-corrected chi connectivity index (χ3v) is 4.35. The first-order chi connectivity index (χ1) is 12.0. The minimum absolute atomic E-state index is 0.338. The molecule has 0 N–H and O–H groups in total. The van der Waals surface area contributed by atoms with Crippen molar-refractivity contribution in [2.45, 2.75) is 32.3 Å². The van der Waals surface area contributed by atoms with E-state index in [0.29, 0.717) is 30.6 Å². The van der Waals surface area contributed by atoms with E-state index in [1.54, 1.807) is 13.1 Å². The van der Waals surface area contributed by atoms with Crippen LogP contribution in [0.25, 0.3) is 0 Å². The Morgan fingerprint density at radius 3 is 2.72 bits per heavy atom. The zero-order chi connectivity index (χ0) is 18.0. The van der Waals surface area contributed by atoms with Crippen LogP contribution in [0.2, 0.25) is 0 Å². The molecule has 6 nitrogen and oxygen atoms in total. The molecular formula is C19H21N3O3. The maximum Gasteiger partial charge on any atom is 0.290 e. The second-order valence-electron chi connectivity index (χ2n) is 6.57. The van der Waals surface area contributed by atoms with Gasteiger partial charge in [-0.3, -0.25) is 9.59 Å². The van der Waals surface area contributed by atoms with Gasteiger partial charge in [0, 0.05) is 19.7 Å². The molecule has 0 aliphatic carbocycles. The highest BCUT2D eigenvalue weighted by molar-refractivity contribution is 6.40. The van der Waals surface area contributed by atoms with Gasteiger partial charge in [-0.2, -0.15) is 0 Å². The van der Waals surface area contributed by atoms with Gasteiger partial charge in [0.05, 0.1) is 11.6 Å². The molecule has 0 saturated carbocycles. The number of ketones is 1. The molecule has 1 atom stereocenters. The predicted octanol–water partition coefficient (Wildman–Crippen LogP) is 2.30. The zero-order valence-electron chi connectivity index (χ0n) is 14.6. The highest BCUT2D eigenvalue weighted by Gasteiger charge is 2.38. The van der Waals surface area contributed by atoms with Crippen molar-refractivity contribution in [3.63, 3.8) is 0 Å². The summed E-state index contributed by atoms with van der Waals surface area (Å²) in [7, 11) is 1.61. The number of hydrogen-bond donors (Lipinski definition) is 0. The Balaban J connectivity index is 1.71. The van der Waals surface area contributed by atoms with Gasteiger partial charge in [0.25, 0.3) is 5.91 Å². The molecule has 1 aliphatic rings. The van der Waals surface area contributed by atoms with Gasteiger partial charge in [-0.25, -0.2) is 9.97 Å². The van der Waals surface area contributed by atoms with E-state index in [-0.39, 0.29) is 0 Å². The van der Waals surface area contributed by atoms with E-state index in [9.17, 15) is 9.59 Å². The third kappa shape index (κ3) is 3.68. The summed E-state index contributed by atoms with van der Waals surface area (Å²) >= 11 is 0. The summed E-state index contributed by atoms with van der Waals surface area (Å²) in [5, 5.41) is 0. The van der Waals surface area contributed by atoms with Crippen molar-refractivity contribution in [1.82, 2.24) is 14.9 Å². The van der Waals surface area contributed by atoms with Gasteiger partial charge >= 0.3 is 0 Å². The second-order valence-corrected chi connectivity index (χ2v) is 6.57. The van der Waals surface area contributed by atoms with Crippen molar-refractivity contribution in [2.24, 2.45) is 0 Å². The van der Waals surface area contributed by atoms with Crippen LogP contribution in [0, 0.1) is 0 Å². The maximum atomic E-state index is 12.0. The van der Waals surface area contributed by atoms with Gasteiger partial charge in [-0.1, -0.05) is 38.1 Å². The summed E-state index contributed by atoms with van der Waals surface area (Å²) in [5.74, 6) is -0.608. The summed E-state index contributed by atoms with van der Waals surface area (Å²) in [6.07, 6.45) is 1.37. The van der Waals surface area contributed by atoms with Crippen molar-refractivity contribution < 1.29 is 14.3 Å². The zero-order valence-corrected chi connectivity index (χ0v) is 14.6. The fraction of sp³-hybridized carbons (Fsp3) is 0.368. The number of benzene rings is 1. The smallest absolute Gasteiger partial charge is 0.290 e. The number of ether oxygens (including phenoxy) is 1. The molecular weight excluding hydrogens is 318 g/mol. The van der Waals surface area contributed by atoms with Crippen LogP contribution in [0.1, 0.15) is 42.5 Å². The number of carbonyl (C=O) groups excluding carboxylic acids is 2. The summed E-state index contributed by atoms with van der Waals surface area (Å²) in [6, 6.07) is 9.86. The number of likely N-dealkylation sites (N-methyl/N-ethyl adjacent to an activating group) is 1. The highest BCUT2D eigenvalue weighted by Crippen LogP contribution is 2.24. The monoisotopic (exact) mass is 339 g/mol. The topological polar surface area (TPSA) is 72.4 Å². The van der Waals surface area contributed by atoms with E-state index in [4.69, 9.17) is 4.74 Å². The minimum atomic E-state index is -0.549. The number of rotatable bonds is 5. The van der Waals surface area contributed by atoms with Gasteiger partial charge < -0.3 is 9.64 Å². The Morgan fingerprint density at radius 2 is 2.04 bits per heavy atom. The van der Waals surface area contributed by atoms with Crippen LogP contribution >= 0.6 is 0 Å². The molecule has 25 heavy (non-hydrogen) atoms. The fourth-order valence-electron chi connectivity index (χ4n) is 2.83. The lowest BCUT2D eigenvalue weighted by Gasteiger charge is -2.11. The molecule has 1 amide bonds. The van der Waals surface area contributed by atoms with Crippen LogP contribution in [0.5, 0.6) is 5.88 Å². The third-order valence-electron chi connectivity index (χ3n) is 4.35. The molecule has 2 heterocycles. The predicted molar refractivity (Wildman–Crippen MR) is 92.3 cm³/mol. The highest BCUT2D eigenvalue weighted by atomic mass is 16.5. The van der Waals surface area contributed by atoms with Crippen molar-refractivity contribution in [2.75, 3.05) is 13.6 Å². The molecule has 1 saturated heterocycles. The van der Waals surface area contributed by atoms with Crippen LogP contribution in [0.15, 0.2) is 36.7 Å². The Labute approximate surface area is 146 Å². The summed E-state index contributed by atoms with van der Waals surface area (Å²) < 4.78 is 5.75. The minimum Gasteiger partial charge on any atom is -0.473 e. The van der Waals surface area contributed by atoms with Gasteiger partial charge in [0.2, 0.25) is 11.7 Å². The Kier molecular flexibility index (Phi) is 4.79. The maximum absolute atomic E-state index is 12.0. The van der Waals surface area contributed by atoms with Crippen LogP contribution < -0.4 is 4.74 Å². The molecule has 1 unspecified atom stereocenters. The molecule has 1 aliphatic heterocycles. The molecule has 1 aromatic heterocycles. The number of aromatic nitrogens is 2. The van der Waals surface area contributed by atoms with E-state index in [0.717, 1.165) is 5.56 Å². The molecule has 1 fully saturated rings. The first-order valence-electron chi connectivity index (χ1n) is 8.28. The van der Waals surface area contributed by atoms with Crippen molar-refractivity contribution in [3.8, 4) is 5.88 Å². The summed E-state index contributed by atoms with van der Waals surface area (Å²) in [5.41, 5.74) is 2.82. The molecule has 3 rings (SSSR count). The number of likely N-dealkylation sites (tertiary alicyclic amines) is 1.